The third-order valence-corrected chi connectivity index (χ3v) is 4.08. The molecule has 2 aromatic rings. The highest BCUT2D eigenvalue weighted by Crippen LogP contribution is 2.32. The summed E-state index contributed by atoms with van der Waals surface area (Å²) in [4.78, 5) is 15.0. The van der Waals surface area contributed by atoms with Gasteiger partial charge < -0.3 is 4.57 Å². The minimum atomic E-state index is -0.274. The molecule has 108 valence electrons. The average molecular weight is 284 g/mol. The van der Waals surface area contributed by atoms with Crippen LogP contribution in [0.3, 0.4) is 0 Å². The standard InChI is InChI=1S/C14H16N6O/c15-18-14(21)13-10-3-1-2-4-11(10)20-6-5-9(7-12(13)20)8-17-19-16/h1-4,9H,5-8,15H2,(H,18,21). The summed E-state index contributed by atoms with van der Waals surface area (Å²) in [5, 5.41) is 4.58. The van der Waals surface area contributed by atoms with Gasteiger partial charge in [-0.25, -0.2) is 5.84 Å². The van der Waals surface area contributed by atoms with Gasteiger partial charge in [0.2, 0.25) is 0 Å². The molecule has 7 heteroatoms. The Hall–Kier alpha value is -2.50. The minimum absolute atomic E-state index is 0.266. The van der Waals surface area contributed by atoms with E-state index in [1.165, 1.54) is 0 Å². The number of para-hydroxylation sites is 1. The van der Waals surface area contributed by atoms with Crippen molar-refractivity contribution >= 4 is 16.8 Å². The van der Waals surface area contributed by atoms with Gasteiger partial charge in [-0.3, -0.25) is 10.2 Å². The number of fused-ring (bicyclic) bond motifs is 3. The zero-order valence-electron chi connectivity index (χ0n) is 11.5. The third kappa shape index (κ3) is 2.22. The number of aryl methyl sites for hydroxylation is 1. The molecule has 0 saturated carbocycles. The first-order valence-corrected chi connectivity index (χ1v) is 6.88. The number of nitrogen functional groups attached to an aromatic ring is 1. The maximum Gasteiger partial charge on any atom is 0.267 e. The minimum Gasteiger partial charge on any atom is -0.344 e. The fraction of sp³-hybridized carbons (Fsp3) is 0.357. The summed E-state index contributed by atoms with van der Waals surface area (Å²) >= 11 is 0. The Kier molecular flexibility index (Phi) is 3.51. The van der Waals surface area contributed by atoms with Crippen LogP contribution in [0.1, 0.15) is 22.5 Å². The Morgan fingerprint density at radius 3 is 3.10 bits per heavy atom. The Labute approximate surface area is 121 Å². The Morgan fingerprint density at radius 2 is 2.33 bits per heavy atom. The van der Waals surface area contributed by atoms with Crippen LogP contribution in [-0.4, -0.2) is 17.0 Å². The maximum atomic E-state index is 12.1. The molecule has 0 fully saturated rings. The Bertz CT molecular complexity index is 743. The normalized spacial score (nSPS) is 17.1. The number of amides is 1. The summed E-state index contributed by atoms with van der Waals surface area (Å²) in [7, 11) is 0. The van der Waals surface area contributed by atoms with Crippen molar-refractivity contribution in [3.63, 3.8) is 0 Å². The van der Waals surface area contributed by atoms with Crippen LogP contribution in [-0.2, 0) is 13.0 Å². The second-order valence-electron chi connectivity index (χ2n) is 5.24. The molecule has 0 aliphatic carbocycles. The molecule has 1 aromatic carbocycles. The van der Waals surface area contributed by atoms with Gasteiger partial charge >= 0.3 is 0 Å². The molecule has 0 radical (unpaired) electrons. The molecule has 1 unspecified atom stereocenters. The van der Waals surface area contributed by atoms with Crippen LogP contribution in [0.5, 0.6) is 0 Å². The zero-order valence-corrected chi connectivity index (χ0v) is 11.5. The number of hydrogen-bond donors (Lipinski definition) is 2. The number of nitrogens with zero attached hydrogens (tertiary/aromatic N) is 4. The van der Waals surface area contributed by atoms with Crippen LogP contribution in [0.2, 0.25) is 0 Å². The second-order valence-corrected chi connectivity index (χ2v) is 5.24. The van der Waals surface area contributed by atoms with Gasteiger partial charge in [0, 0.05) is 34.6 Å². The molecular weight excluding hydrogens is 268 g/mol. The molecule has 1 atom stereocenters. The average Bonchev–Trinajstić information content (AvgIpc) is 2.86. The quantitative estimate of drug-likeness (QED) is 0.225. The van der Waals surface area contributed by atoms with Crippen LogP contribution in [0.15, 0.2) is 29.4 Å². The van der Waals surface area contributed by atoms with Gasteiger partial charge in [-0.1, -0.05) is 23.3 Å². The second kappa shape index (κ2) is 5.47. The topological polar surface area (TPSA) is 109 Å². The van der Waals surface area contributed by atoms with Gasteiger partial charge in [0.25, 0.3) is 5.91 Å². The highest BCUT2D eigenvalue weighted by molar-refractivity contribution is 6.08. The number of rotatable bonds is 3. The van der Waals surface area contributed by atoms with Crippen molar-refractivity contribution < 1.29 is 4.79 Å². The lowest BCUT2D eigenvalue weighted by Gasteiger charge is -2.24. The van der Waals surface area contributed by atoms with Crippen molar-refractivity contribution in [2.45, 2.75) is 19.4 Å². The van der Waals surface area contributed by atoms with Gasteiger partial charge in [0.1, 0.15) is 0 Å². The number of nitrogens with two attached hydrogens (primary N) is 1. The molecule has 7 nitrogen and oxygen atoms in total. The van der Waals surface area contributed by atoms with Crippen molar-refractivity contribution in [3.05, 3.63) is 46.0 Å². The molecule has 3 N–H and O–H groups in total. The molecule has 1 amide bonds. The van der Waals surface area contributed by atoms with Gasteiger partial charge in [0.15, 0.2) is 0 Å². The summed E-state index contributed by atoms with van der Waals surface area (Å²) < 4.78 is 2.17. The molecule has 1 aromatic heterocycles. The number of aromatic nitrogens is 1. The van der Waals surface area contributed by atoms with Crippen molar-refractivity contribution in [3.8, 4) is 0 Å². The number of nitrogens with one attached hydrogen (secondary N) is 1. The van der Waals surface area contributed by atoms with Crippen molar-refractivity contribution in [2.75, 3.05) is 6.54 Å². The molecule has 0 bridgehead atoms. The summed E-state index contributed by atoms with van der Waals surface area (Å²) in [5.74, 6) is 5.32. The van der Waals surface area contributed by atoms with E-state index < -0.39 is 0 Å². The van der Waals surface area contributed by atoms with E-state index in [-0.39, 0.29) is 11.8 Å². The van der Waals surface area contributed by atoms with E-state index in [0.717, 1.165) is 36.0 Å². The van der Waals surface area contributed by atoms with Crippen molar-refractivity contribution in [1.82, 2.24) is 9.99 Å². The van der Waals surface area contributed by atoms with E-state index in [4.69, 9.17) is 11.4 Å². The lowest BCUT2D eigenvalue weighted by Crippen LogP contribution is -2.32. The van der Waals surface area contributed by atoms with Crippen molar-refractivity contribution in [2.24, 2.45) is 16.9 Å². The van der Waals surface area contributed by atoms with Crippen LogP contribution >= 0.6 is 0 Å². The highest BCUT2D eigenvalue weighted by Gasteiger charge is 2.27. The molecule has 1 aliphatic heterocycles. The number of hydrazine groups is 1. The van der Waals surface area contributed by atoms with E-state index in [0.29, 0.717) is 12.1 Å². The van der Waals surface area contributed by atoms with E-state index in [1.54, 1.807) is 0 Å². The van der Waals surface area contributed by atoms with E-state index in [2.05, 4.69) is 20.0 Å². The number of hydrogen-bond acceptors (Lipinski definition) is 3. The maximum absolute atomic E-state index is 12.1. The van der Waals surface area contributed by atoms with E-state index >= 15 is 0 Å². The summed E-state index contributed by atoms with van der Waals surface area (Å²) in [5.41, 5.74) is 13.4. The fourth-order valence-corrected chi connectivity index (χ4v) is 3.14. The first-order valence-electron chi connectivity index (χ1n) is 6.88. The molecule has 0 saturated heterocycles. The molecular formula is C14H16N6O. The highest BCUT2D eigenvalue weighted by atomic mass is 16.2. The van der Waals surface area contributed by atoms with Gasteiger partial charge in [-0.2, -0.15) is 0 Å². The summed E-state index contributed by atoms with van der Waals surface area (Å²) in [6, 6.07) is 7.83. The van der Waals surface area contributed by atoms with Crippen LogP contribution in [0, 0.1) is 5.92 Å². The predicted octanol–water partition coefficient (Wildman–Crippen LogP) is 2.12. The van der Waals surface area contributed by atoms with Crippen LogP contribution in [0.25, 0.3) is 21.3 Å². The Balaban J connectivity index is 2.12. The predicted molar refractivity (Wildman–Crippen MR) is 79.4 cm³/mol. The smallest absolute Gasteiger partial charge is 0.267 e. The first kappa shape index (κ1) is 13.5. The van der Waals surface area contributed by atoms with Crippen LogP contribution in [0.4, 0.5) is 0 Å². The molecule has 21 heavy (non-hydrogen) atoms. The monoisotopic (exact) mass is 284 g/mol. The summed E-state index contributed by atoms with van der Waals surface area (Å²) in [6.45, 7) is 1.28. The van der Waals surface area contributed by atoms with Crippen molar-refractivity contribution in [1.29, 1.82) is 0 Å². The first-order chi connectivity index (χ1) is 10.3. The van der Waals surface area contributed by atoms with E-state index in [9.17, 15) is 4.79 Å². The number of carbonyl (C=O) groups excluding carboxylic acids is 1. The lowest BCUT2D eigenvalue weighted by atomic mass is 9.94. The molecule has 2 heterocycles. The summed E-state index contributed by atoms with van der Waals surface area (Å²) in [6.07, 6.45) is 1.66. The number of benzene rings is 1. The molecule has 0 spiro atoms. The fourth-order valence-electron chi connectivity index (χ4n) is 3.14. The third-order valence-electron chi connectivity index (χ3n) is 4.08. The zero-order chi connectivity index (χ0) is 14.8. The lowest BCUT2D eigenvalue weighted by molar-refractivity contribution is 0.0953. The molecule has 1 aliphatic rings. The SMILES string of the molecule is [N-]=[N+]=NCC1CCn2c(c(C(=O)NN)c3ccccc32)C1. The number of azide groups is 1. The van der Waals surface area contributed by atoms with Gasteiger partial charge in [0.05, 0.1) is 5.56 Å². The molecule has 3 rings (SSSR count). The largest absolute Gasteiger partial charge is 0.344 e. The number of carbonyl (C=O) groups is 1. The van der Waals surface area contributed by atoms with Gasteiger partial charge in [-0.05, 0) is 30.4 Å². The van der Waals surface area contributed by atoms with Gasteiger partial charge in [-0.15, -0.1) is 0 Å². The Morgan fingerprint density at radius 1 is 1.52 bits per heavy atom. The van der Waals surface area contributed by atoms with Crippen LogP contribution < -0.4 is 11.3 Å². The van der Waals surface area contributed by atoms with E-state index in [1.807, 2.05) is 24.3 Å².